The third-order valence-electron chi connectivity index (χ3n) is 2.46. The van der Waals surface area contributed by atoms with Gasteiger partial charge in [0, 0.05) is 6.54 Å². The van der Waals surface area contributed by atoms with Gasteiger partial charge in [0.15, 0.2) is 0 Å². The first kappa shape index (κ1) is 9.21. The average Bonchev–Trinajstić information content (AvgIpc) is 2.70. The van der Waals surface area contributed by atoms with Gasteiger partial charge in [0.25, 0.3) is 0 Å². The molecule has 0 saturated carbocycles. The zero-order valence-corrected chi connectivity index (χ0v) is 8.03. The van der Waals surface area contributed by atoms with Gasteiger partial charge in [-0.3, -0.25) is 4.68 Å². The average molecular weight is 195 g/mol. The molecule has 1 aromatic heterocycles. The van der Waals surface area contributed by atoms with Crippen molar-refractivity contribution in [3.63, 3.8) is 0 Å². The van der Waals surface area contributed by atoms with Crippen molar-refractivity contribution in [2.75, 3.05) is 13.1 Å². The summed E-state index contributed by atoms with van der Waals surface area (Å²) in [5.41, 5.74) is 1.05. The van der Waals surface area contributed by atoms with E-state index in [4.69, 9.17) is 5.11 Å². The molecular formula is C9H13N3O2. The molecule has 2 rings (SSSR count). The number of carbonyl (C=O) groups is 1. The maximum atomic E-state index is 10.9. The van der Waals surface area contributed by atoms with Gasteiger partial charge >= 0.3 is 5.97 Å². The van der Waals surface area contributed by atoms with Gasteiger partial charge in [-0.1, -0.05) is 0 Å². The maximum absolute atomic E-state index is 10.9. The SMILES string of the molecule is Cc1cc(C(=O)O)n(C2CCNC2)n1. The highest BCUT2D eigenvalue weighted by Crippen LogP contribution is 2.17. The van der Waals surface area contributed by atoms with Crippen molar-refractivity contribution in [3.8, 4) is 0 Å². The smallest absolute Gasteiger partial charge is 0.354 e. The number of aromatic nitrogens is 2. The zero-order valence-electron chi connectivity index (χ0n) is 8.03. The predicted octanol–water partition coefficient (Wildman–Crippen LogP) is 0.424. The van der Waals surface area contributed by atoms with E-state index in [1.807, 2.05) is 6.92 Å². The number of aryl methyl sites for hydroxylation is 1. The highest BCUT2D eigenvalue weighted by molar-refractivity contribution is 5.85. The molecule has 1 atom stereocenters. The fourth-order valence-electron chi connectivity index (χ4n) is 1.80. The molecule has 1 aromatic rings. The van der Waals surface area contributed by atoms with E-state index in [1.54, 1.807) is 10.7 Å². The highest BCUT2D eigenvalue weighted by atomic mass is 16.4. The van der Waals surface area contributed by atoms with Crippen LogP contribution >= 0.6 is 0 Å². The van der Waals surface area contributed by atoms with Crippen molar-refractivity contribution in [1.29, 1.82) is 0 Å². The molecule has 2 N–H and O–H groups in total. The molecule has 0 spiro atoms. The van der Waals surface area contributed by atoms with Crippen LogP contribution in [0.25, 0.3) is 0 Å². The van der Waals surface area contributed by atoms with Crippen molar-refractivity contribution < 1.29 is 9.90 Å². The number of hydrogen-bond donors (Lipinski definition) is 2. The van der Waals surface area contributed by atoms with E-state index in [-0.39, 0.29) is 11.7 Å². The van der Waals surface area contributed by atoms with Crippen LogP contribution in [0.15, 0.2) is 6.07 Å². The van der Waals surface area contributed by atoms with Crippen LogP contribution in [0.5, 0.6) is 0 Å². The molecule has 2 heterocycles. The van der Waals surface area contributed by atoms with E-state index in [0.29, 0.717) is 0 Å². The van der Waals surface area contributed by atoms with Crippen molar-refractivity contribution in [2.24, 2.45) is 0 Å². The van der Waals surface area contributed by atoms with Crippen LogP contribution < -0.4 is 5.32 Å². The second kappa shape index (κ2) is 3.42. The minimum Gasteiger partial charge on any atom is -0.477 e. The van der Waals surface area contributed by atoms with Crippen molar-refractivity contribution >= 4 is 5.97 Å². The van der Waals surface area contributed by atoms with Gasteiger partial charge in [0.05, 0.1) is 11.7 Å². The summed E-state index contributed by atoms with van der Waals surface area (Å²) in [6.45, 7) is 3.55. The molecule has 5 nitrogen and oxygen atoms in total. The summed E-state index contributed by atoms with van der Waals surface area (Å²) in [7, 11) is 0. The number of aromatic carboxylic acids is 1. The number of nitrogens with one attached hydrogen (secondary N) is 1. The number of nitrogens with zero attached hydrogens (tertiary/aromatic N) is 2. The van der Waals surface area contributed by atoms with Crippen molar-refractivity contribution in [3.05, 3.63) is 17.5 Å². The van der Waals surface area contributed by atoms with Crippen LogP contribution in [-0.2, 0) is 0 Å². The summed E-state index contributed by atoms with van der Waals surface area (Å²) in [6, 6.07) is 1.80. The summed E-state index contributed by atoms with van der Waals surface area (Å²) in [5.74, 6) is -0.905. The molecule has 1 unspecified atom stereocenters. The molecule has 76 valence electrons. The van der Waals surface area contributed by atoms with Gasteiger partial charge in [0.2, 0.25) is 0 Å². The lowest BCUT2D eigenvalue weighted by atomic mass is 10.2. The zero-order chi connectivity index (χ0) is 10.1. The molecule has 0 radical (unpaired) electrons. The second-order valence-electron chi connectivity index (χ2n) is 3.57. The van der Waals surface area contributed by atoms with E-state index in [0.717, 1.165) is 25.2 Å². The molecule has 0 amide bonds. The Labute approximate surface area is 81.7 Å². The van der Waals surface area contributed by atoms with Gasteiger partial charge in [-0.25, -0.2) is 4.79 Å². The number of rotatable bonds is 2. The Hall–Kier alpha value is -1.36. The Balaban J connectivity index is 2.35. The summed E-state index contributed by atoms with van der Waals surface area (Å²) >= 11 is 0. The van der Waals surface area contributed by atoms with E-state index >= 15 is 0 Å². The monoisotopic (exact) mass is 195 g/mol. The van der Waals surface area contributed by atoms with Gasteiger partial charge in [-0.05, 0) is 26.0 Å². The minimum absolute atomic E-state index is 0.190. The fraction of sp³-hybridized carbons (Fsp3) is 0.556. The van der Waals surface area contributed by atoms with Crippen LogP contribution in [-0.4, -0.2) is 33.9 Å². The quantitative estimate of drug-likeness (QED) is 0.718. The molecule has 14 heavy (non-hydrogen) atoms. The van der Waals surface area contributed by atoms with Gasteiger partial charge in [0.1, 0.15) is 5.69 Å². The maximum Gasteiger partial charge on any atom is 0.354 e. The summed E-state index contributed by atoms with van der Waals surface area (Å²) in [5, 5.41) is 16.4. The molecule has 5 heteroatoms. The van der Waals surface area contributed by atoms with Gasteiger partial charge in [-0.2, -0.15) is 5.10 Å². The topological polar surface area (TPSA) is 67.2 Å². The molecule has 0 aliphatic carbocycles. The molecule has 1 fully saturated rings. The first-order chi connectivity index (χ1) is 6.68. The van der Waals surface area contributed by atoms with Gasteiger partial charge < -0.3 is 10.4 Å². The molecule has 0 aromatic carbocycles. The summed E-state index contributed by atoms with van der Waals surface area (Å²) in [6.07, 6.45) is 0.946. The predicted molar refractivity (Wildman–Crippen MR) is 50.4 cm³/mol. The Morgan fingerprint density at radius 1 is 1.79 bits per heavy atom. The Kier molecular flexibility index (Phi) is 2.25. The summed E-state index contributed by atoms with van der Waals surface area (Å²) in [4.78, 5) is 10.9. The second-order valence-corrected chi connectivity index (χ2v) is 3.57. The molecule has 1 saturated heterocycles. The molecule has 0 bridgehead atoms. The number of carboxylic acids is 1. The van der Waals surface area contributed by atoms with E-state index in [1.165, 1.54) is 0 Å². The van der Waals surface area contributed by atoms with Crippen LogP contribution in [0.1, 0.15) is 28.6 Å². The largest absolute Gasteiger partial charge is 0.477 e. The van der Waals surface area contributed by atoms with Crippen molar-refractivity contribution in [2.45, 2.75) is 19.4 Å². The van der Waals surface area contributed by atoms with Crippen LogP contribution in [0.2, 0.25) is 0 Å². The lowest BCUT2D eigenvalue weighted by molar-refractivity contribution is 0.0680. The Bertz CT molecular complexity index is 353. The lowest BCUT2D eigenvalue weighted by Gasteiger charge is -2.10. The number of hydrogen-bond acceptors (Lipinski definition) is 3. The third-order valence-corrected chi connectivity index (χ3v) is 2.46. The molecule has 1 aliphatic heterocycles. The Morgan fingerprint density at radius 2 is 2.57 bits per heavy atom. The first-order valence-corrected chi connectivity index (χ1v) is 4.68. The lowest BCUT2D eigenvalue weighted by Crippen LogP contribution is -2.18. The van der Waals surface area contributed by atoms with Gasteiger partial charge in [-0.15, -0.1) is 0 Å². The van der Waals surface area contributed by atoms with Crippen molar-refractivity contribution in [1.82, 2.24) is 15.1 Å². The molecule has 1 aliphatic rings. The summed E-state index contributed by atoms with van der Waals surface area (Å²) < 4.78 is 1.62. The highest BCUT2D eigenvalue weighted by Gasteiger charge is 2.22. The van der Waals surface area contributed by atoms with Crippen LogP contribution in [0.4, 0.5) is 0 Å². The van der Waals surface area contributed by atoms with Crippen LogP contribution in [0, 0.1) is 6.92 Å². The normalized spacial score (nSPS) is 21.4. The first-order valence-electron chi connectivity index (χ1n) is 4.68. The Morgan fingerprint density at radius 3 is 3.14 bits per heavy atom. The van der Waals surface area contributed by atoms with Crippen LogP contribution in [0.3, 0.4) is 0 Å². The van der Waals surface area contributed by atoms with E-state index in [2.05, 4.69) is 10.4 Å². The number of carboxylic acid groups (broad SMARTS) is 1. The minimum atomic E-state index is -0.905. The van der Waals surface area contributed by atoms with E-state index in [9.17, 15) is 4.79 Å². The molecular weight excluding hydrogens is 182 g/mol. The third kappa shape index (κ3) is 1.50. The fourth-order valence-corrected chi connectivity index (χ4v) is 1.80. The standard InChI is InChI=1S/C9H13N3O2/c1-6-4-8(9(13)14)12(11-6)7-2-3-10-5-7/h4,7,10H,2-3,5H2,1H3,(H,13,14). The van der Waals surface area contributed by atoms with E-state index < -0.39 is 5.97 Å².